The Kier molecular flexibility index (Phi) is 4.75. The standard InChI is InChI=1S/C15H9F5O3S/c1-7-2-4-8(5-3-7)9(21)6-24(22,23)15-13(19)11(17)10(16)12(18)14(15)20/h2-5H,6H2,1H3. The van der Waals surface area contributed by atoms with Crippen molar-refractivity contribution >= 4 is 15.6 Å². The molecule has 0 saturated heterocycles. The van der Waals surface area contributed by atoms with Gasteiger partial charge in [-0.2, -0.15) is 0 Å². The molecular weight excluding hydrogens is 355 g/mol. The first-order valence-corrected chi connectivity index (χ1v) is 8.05. The maximum atomic E-state index is 13.6. The number of Topliss-reactive ketones (excluding diaryl/α,β-unsaturated/α-hetero) is 1. The van der Waals surface area contributed by atoms with Crippen molar-refractivity contribution in [1.82, 2.24) is 0 Å². The van der Waals surface area contributed by atoms with Gasteiger partial charge in [-0.25, -0.2) is 30.4 Å². The number of carbonyl (C=O) groups is 1. The number of ketones is 1. The van der Waals surface area contributed by atoms with Gasteiger partial charge in [0, 0.05) is 5.56 Å². The molecule has 0 saturated carbocycles. The van der Waals surface area contributed by atoms with Crippen molar-refractivity contribution in [2.24, 2.45) is 0 Å². The number of carbonyl (C=O) groups excluding carboxylic acids is 1. The summed E-state index contributed by atoms with van der Waals surface area (Å²) >= 11 is 0. The quantitative estimate of drug-likeness (QED) is 0.275. The average Bonchev–Trinajstić information content (AvgIpc) is 2.51. The van der Waals surface area contributed by atoms with Crippen LogP contribution in [-0.2, 0) is 9.84 Å². The SMILES string of the molecule is Cc1ccc(C(=O)CS(=O)(=O)c2c(F)c(F)c(F)c(F)c2F)cc1. The van der Waals surface area contributed by atoms with E-state index in [2.05, 4.69) is 0 Å². The van der Waals surface area contributed by atoms with Crippen molar-refractivity contribution in [3.63, 3.8) is 0 Å². The van der Waals surface area contributed by atoms with E-state index in [-0.39, 0.29) is 5.56 Å². The molecule has 0 bridgehead atoms. The fraction of sp³-hybridized carbons (Fsp3) is 0.133. The number of benzene rings is 2. The Labute approximate surface area is 133 Å². The summed E-state index contributed by atoms with van der Waals surface area (Å²) in [5, 5.41) is 0. The number of sulfone groups is 1. The van der Waals surface area contributed by atoms with Gasteiger partial charge >= 0.3 is 0 Å². The maximum absolute atomic E-state index is 13.6. The zero-order valence-electron chi connectivity index (χ0n) is 12.0. The van der Waals surface area contributed by atoms with Gasteiger partial charge in [0.1, 0.15) is 10.6 Å². The second-order valence-electron chi connectivity index (χ2n) is 4.95. The fourth-order valence-electron chi connectivity index (χ4n) is 1.93. The van der Waals surface area contributed by atoms with Crippen LogP contribution in [0.1, 0.15) is 15.9 Å². The van der Waals surface area contributed by atoms with Gasteiger partial charge in [0.25, 0.3) is 0 Å². The van der Waals surface area contributed by atoms with E-state index in [0.29, 0.717) is 0 Å². The molecule has 2 rings (SSSR count). The van der Waals surface area contributed by atoms with Crippen LogP contribution in [0.15, 0.2) is 29.2 Å². The van der Waals surface area contributed by atoms with E-state index in [4.69, 9.17) is 0 Å². The fourth-order valence-corrected chi connectivity index (χ4v) is 3.31. The predicted molar refractivity (Wildman–Crippen MR) is 73.8 cm³/mol. The summed E-state index contributed by atoms with van der Waals surface area (Å²) in [5.74, 6) is -14.7. The molecule has 0 atom stereocenters. The second-order valence-corrected chi connectivity index (χ2v) is 6.87. The van der Waals surface area contributed by atoms with Crippen LogP contribution in [0.2, 0.25) is 0 Å². The largest absolute Gasteiger partial charge is 0.293 e. The minimum Gasteiger partial charge on any atom is -0.293 e. The maximum Gasteiger partial charge on any atom is 0.200 e. The molecule has 0 amide bonds. The highest BCUT2D eigenvalue weighted by Crippen LogP contribution is 2.27. The van der Waals surface area contributed by atoms with Crippen molar-refractivity contribution in [2.75, 3.05) is 5.75 Å². The monoisotopic (exact) mass is 364 g/mol. The Balaban J connectivity index is 2.49. The zero-order chi connectivity index (χ0) is 18.2. The molecular formula is C15H9F5O3S. The molecule has 0 N–H and O–H groups in total. The lowest BCUT2D eigenvalue weighted by Crippen LogP contribution is -2.21. The smallest absolute Gasteiger partial charge is 0.200 e. The van der Waals surface area contributed by atoms with Crippen molar-refractivity contribution in [1.29, 1.82) is 0 Å². The molecule has 2 aromatic rings. The van der Waals surface area contributed by atoms with E-state index in [1.807, 2.05) is 0 Å². The van der Waals surface area contributed by atoms with Gasteiger partial charge < -0.3 is 0 Å². The predicted octanol–water partition coefficient (Wildman–Crippen LogP) is 3.35. The van der Waals surface area contributed by atoms with E-state index >= 15 is 0 Å². The summed E-state index contributed by atoms with van der Waals surface area (Å²) in [6, 6.07) is 5.56. The molecule has 0 unspecified atom stereocenters. The van der Waals surface area contributed by atoms with Gasteiger partial charge in [-0.1, -0.05) is 29.8 Å². The number of hydrogen-bond donors (Lipinski definition) is 0. The molecule has 0 heterocycles. The molecule has 0 aliphatic rings. The third-order valence-electron chi connectivity index (χ3n) is 3.18. The molecule has 0 aromatic heterocycles. The van der Waals surface area contributed by atoms with Crippen molar-refractivity contribution in [3.05, 3.63) is 64.5 Å². The van der Waals surface area contributed by atoms with Crippen molar-refractivity contribution in [3.8, 4) is 0 Å². The summed E-state index contributed by atoms with van der Waals surface area (Å²) < 4.78 is 90.4. The highest BCUT2D eigenvalue weighted by molar-refractivity contribution is 7.92. The van der Waals surface area contributed by atoms with Gasteiger partial charge in [-0.3, -0.25) is 4.79 Å². The lowest BCUT2D eigenvalue weighted by molar-refractivity contribution is 0.102. The van der Waals surface area contributed by atoms with Crippen LogP contribution >= 0.6 is 0 Å². The first-order chi connectivity index (χ1) is 11.1. The lowest BCUT2D eigenvalue weighted by Gasteiger charge is -2.09. The van der Waals surface area contributed by atoms with Crippen LogP contribution in [0.3, 0.4) is 0 Å². The first kappa shape index (κ1) is 18.1. The van der Waals surface area contributed by atoms with Gasteiger partial charge in [-0.15, -0.1) is 0 Å². The Hall–Kier alpha value is -2.29. The molecule has 0 aliphatic heterocycles. The van der Waals surface area contributed by atoms with Gasteiger partial charge in [0.05, 0.1) is 0 Å². The zero-order valence-corrected chi connectivity index (χ0v) is 12.9. The molecule has 128 valence electrons. The Bertz CT molecular complexity index is 892. The highest BCUT2D eigenvalue weighted by atomic mass is 32.2. The van der Waals surface area contributed by atoms with Gasteiger partial charge in [-0.05, 0) is 6.92 Å². The van der Waals surface area contributed by atoms with Gasteiger partial charge in [0.15, 0.2) is 38.9 Å². The normalized spacial score (nSPS) is 11.6. The minimum atomic E-state index is -5.09. The third-order valence-corrected chi connectivity index (χ3v) is 4.80. The minimum absolute atomic E-state index is 0.0759. The molecule has 0 radical (unpaired) electrons. The Morgan fingerprint density at radius 2 is 1.25 bits per heavy atom. The number of halogens is 5. The molecule has 3 nitrogen and oxygen atoms in total. The summed E-state index contributed by atoms with van der Waals surface area (Å²) in [5.41, 5.74) is 0.696. The molecule has 9 heteroatoms. The summed E-state index contributed by atoms with van der Waals surface area (Å²) in [4.78, 5) is 9.90. The summed E-state index contributed by atoms with van der Waals surface area (Å²) in [6.45, 7) is 1.71. The Morgan fingerprint density at radius 3 is 1.71 bits per heavy atom. The summed E-state index contributed by atoms with van der Waals surface area (Å²) in [6.07, 6.45) is 0. The first-order valence-electron chi connectivity index (χ1n) is 6.40. The van der Waals surface area contributed by atoms with E-state index in [1.165, 1.54) is 24.3 Å². The lowest BCUT2D eigenvalue weighted by atomic mass is 10.1. The van der Waals surface area contributed by atoms with E-state index in [1.54, 1.807) is 6.92 Å². The molecule has 0 spiro atoms. The second kappa shape index (κ2) is 6.31. The van der Waals surface area contributed by atoms with E-state index in [9.17, 15) is 35.2 Å². The number of hydrogen-bond acceptors (Lipinski definition) is 3. The molecule has 2 aromatic carbocycles. The van der Waals surface area contributed by atoms with Crippen molar-refractivity contribution < 1.29 is 35.2 Å². The van der Waals surface area contributed by atoms with Crippen LogP contribution in [0.5, 0.6) is 0 Å². The number of aryl methyl sites for hydroxylation is 1. The van der Waals surface area contributed by atoms with Gasteiger partial charge in [0.2, 0.25) is 5.82 Å². The molecule has 0 fully saturated rings. The van der Waals surface area contributed by atoms with Crippen LogP contribution in [-0.4, -0.2) is 20.0 Å². The summed E-state index contributed by atoms with van der Waals surface area (Å²) in [7, 11) is -5.09. The van der Waals surface area contributed by atoms with Crippen LogP contribution in [0.25, 0.3) is 0 Å². The van der Waals surface area contributed by atoms with Crippen molar-refractivity contribution in [2.45, 2.75) is 11.8 Å². The van der Waals surface area contributed by atoms with Crippen LogP contribution in [0, 0.1) is 36.0 Å². The topological polar surface area (TPSA) is 51.2 Å². The molecule has 24 heavy (non-hydrogen) atoms. The average molecular weight is 364 g/mol. The number of rotatable bonds is 4. The van der Waals surface area contributed by atoms with Crippen LogP contribution in [0.4, 0.5) is 22.0 Å². The van der Waals surface area contributed by atoms with E-state index in [0.717, 1.165) is 5.56 Å². The highest BCUT2D eigenvalue weighted by Gasteiger charge is 2.34. The van der Waals surface area contributed by atoms with Crippen LogP contribution < -0.4 is 0 Å². The third kappa shape index (κ3) is 3.16. The molecule has 0 aliphatic carbocycles. The Morgan fingerprint density at radius 1 is 0.833 bits per heavy atom. The van der Waals surface area contributed by atoms with E-state index < -0.39 is 55.4 Å².